The molecule has 6 nitrogen and oxygen atoms in total. The molecule has 0 aliphatic heterocycles. The number of benzene rings is 1. The largest absolute Gasteiger partial charge is 0.444 e. The van der Waals surface area contributed by atoms with Crippen LogP contribution in [0.3, 0.4) is 0 Å². The van der Waals surface area contributed by atoms with Gasteiger partial charge in [-0.25, -0.2) is 9.59 Å². The van der Waals surface area contributed by atoms with Gasteiger partial charge in [-0.3, -0.25) is 0 Å². The highest BCUT2D eigenvalue weighted by Gasteiger charge is 2.15. The topological polar surface area (TPSA) is 79.5 Å². The molecular formula is C17H27N3O3. The van der Waals surface area contributed by atoms with Crippen LogP contribution in [0.5, 0.6) is 0 Å². The Kier molecular flexibility index (Phi) is 7.38. The quantitative estimate of drug-likeness (QED) is 0.704. The average molecular weight is 321 g/mol. The first-order chi connectivity index (χ1) is 10.8. The van der Waals surface area contributed by atoms with Crippen LogP contribution in [-0.2, 0) is 11.2 Å². The van der Waals surface area contributed by atoms with E-state index in [2.05, 4.69) is 35.0 Å². The average Bonchev–Trinajstić information content (AvgIpc) is 2.44. The maximum absolute atomic E-state index is 11.6. The van der Waals surface area contributed by atoms with Gasteiger partial charge < -0.3 is 20.7 Å². The monoisotopic (exact) mass is 321 g/mol. The Balaban J connectivity index is 2.11. The molecule has 23 heavy (non-hydrogen) atoms. The zero-order valence-corrected chi connectivity index (χ0v) is 14.4. The van der Waals surface area contributed by atoms with Crippen molar-refractivity contribution in [2.24, 2.45) is 0 Å². The van der Waals surface area contributed by atoms with Crippen LogP contribution in [0.2, 0.25) is 0 Å². The first-order valence-electron chi connectivity index (χ1n) is 7.81. The summed E-state index contributed by atoms with van der Waals surface area (Å²) >= 11 is 0. The molecule has 3 N–H and O–H groups in total. The SMILES string of the molecule is Cc1ccccc1CCNC(=O)NCCNC(=O)OC(C)(C)C. The Morgan fingerprint density at radius 2 is 1.61 bits per heavy atom. The fourth-order valence-electron chi connectivity index (χ4n) is 1.92. The van der Waals surface area contributed by atoms with Gasteiger partial charge in [0.25, 0.3) is 0 Å². The van der Waals surface area contributed by atoms with E-state index in [4.69, 9.17) is 4.74 Å². The second-order valence-electron chi connectivity index (χ2n) is 6.29. The van der Waals surface area contributed by atoms with Crippen LogP contribution in [0.1, 0.15) is 31.9 Å². The van der Waals surface area contributed by atoms with Crippen molar-refractivity contribution < 1.29 is 14.3 Å². The molecule has 0 radical (unpaired) electrons. The zero-order valence-electron chi connectivity index (χ0n) is 14.4. The summed E-state index contributed by atoms with van der Waals surface area (Å²) in [6.07, 6.45) is 0.301. The molecule has 0 saturated heterocycles. The smallest absolute Gasteiger partial charge is 0.407 e. The van der Waals surface area contributed by atoms with Gasteiger partial charge in [-0.15, -0.1) is 0 Å². The van der Waals surface area contributed by atoms with Crippen LogP contribution < -0.4 is 16.0 Å². The minimum Gasteiger partial charge on any atom is -0.444 e. The van der Waals surface area contributed by atoms with Gasteiger partial charge in [0.15, 0.2) is 0 Å². The van der Waals surface area contributed by atoms with E-state index in [0.717, 1.165) is 6.42 Å². The second kappa shape index (κ2) is 9.02. The summed E-state index contributed by atoms with van der Waals surface area (Å²) in [6.45, 7) is 8.68. The van der Waals surface area contributed by atoms with Gasteiger partial charge >= 0.3 is 12.1 Å². The molecule has 0 bridgehead atoms. The maximum atomic E-state index is 11.6. The third-order valence-corrected chi connectivity index (χ3v) is 3.02. The van der Waals surface area contributed by atoms with Gasteiger partial charge in [-0.05, 0) is 45.2 Å². The highest BCUT2D eigenvalue weighted by molar-refractivity contribution is 5.74. The molecule has 1 rings (SSSR count). The third kappa shape index (κ3) is 8.70. The molecule has 0 spiro atoms. The van der Waals surface area contributed by atoms with Crippen molar-refractivity contribution >= 4 is 12.1 Å². The molecule has 0 aliphatic rings. The number of nitrogens with one attached hydrogen (secondary N) is 3. The first-order valence-corrected chi connectivity index (χ1v) is 7.81. The van der Waals surface area contributed by atoms with Crippen molar-refractivity contribution in [2.45, 2.75) is 39.7 Å². The molecular weight excluding hydrogens is 294 g/mol. The Bertz CT molecular complexity index is 524. The number of ether oxygens (including phenoxy) is 1. The summed E-state index contributed by atoms with van der Waals surface area (Å²) in [5.41, 5.74) is 1.92. The molecule has 0 heterocycles. The predicted molar refractivity (Wildman–Crippen MR) is 90.5 cm³/mol. The van der Waals surface area contributed by atoms with Gasteiger partial charge in [-0.2, -0.15) is 0 Å². The minimum absolute atomic E-state index is 0.246. The minimum atomic E-state index is -0.523. The summed E-state index contributed by atoms with van der Waals surface area (Å²) in [7, 11) is 0. The van der Waals surface area contributed by atoms with Crippen molar-refractivity contribution in [1.29, 1.82) is 0 Å². The molecule has 128 valence electrons. The number of rotatable bonds is 6. The van der Waals surface area contributed by atoms with E-state index in [0.29, 0.717) is 19.6 Å². The lowest BCUT2D eigenvalue weighted by Gasteiger charge is -2.19. The van der Waals surface area contributed by atoms with E-state index in [1.165, 1.54) is 11.1 Å². The number of aryl methyl sites for hydroxylation is 1. The number of carbonyl (C=O) groups is 2. The summed E-state index contributed by atoms with van der Waals surface area (Å²) < 4.78 is 5.09. The lowest BCUT2D eigenvalue weighted by atomic mass is 10.1. The second-order valence-corrected chi connectivity index (χ2v) is 6.29. The van der Waals surface area contributed by atoms with Crippen molar-refractivity contribution in [3.8, 4) is 0 Å². The highest BCUT2D eigenvalue weighted by Crippen LogP contribution is 2.07. The Morgan fingerprint density at radius 3 is 2.26 bits per heavy atom. The summed E-state index contributed by atoms with van der Waals surface area (Å²) in [6, 6.07) is 7.85. The van der Waals surface area contributed by atoms with Crippen molar-refractivity contribution in [1.82, 2.24) is 16.0 Å². The molecule has 0 aromatic heterocycles. The highest BCUT2D eigenvalue weighted by atomic mass is 16.6. The molecule has 0 atom stereocenters. The number of carbonyl (C=O) groups excluding carboxylic acids is 2. The normalized spacial score (nSPS) is 10.8. The number of hydrogen-bond acceptors (Lipinski definition) is 3. The molecule has 6 heteroatoms. The van der Waals surface area contributed by atoms with E-state index in [1.807, 2.05) is 12.1 Å². The number of urea groups is 1. The first kappa shape index (κ1) is 18.8. The predicted octanol–water partition coefficient (Wildman–Crippen LogP) is 2.36. The van der Waals surface area contributed by atoms with Gasteiger partial charge in [0, 0.05) is 19.6 Å². The van der Waals surface area contributed by atoms with E-state index in [1.54, 1.807) is 20.8 Å². The van der Waals surface area contributed by atoms with Gasteiger partial charge in [0.2, 0.25) is 0 Å². The number of amides is 3. The number of alkyl carbamates (subject to hydrolysis) is 1. The van der Waals surface area contributed by atoms with E-state index in [-0.39, 0.29) is 6.03 Å². The van der Waals surface area contributed by atoms with E-state index >= 15 is 0 Å². The van der Waals surface area contributed by atoms with Gasteiger partial charge in [-0.1, -0.05) is 24.3 Å². The Labute approximate surface area is 138 Å². The summed E-state index contributed by atoms with van der Waals surface area (Å²) in [4.78, 5) is 23.0. The van der Waals surface area contributed by atoms with Crippen LogP contribution in [-0.4, -0.2) is 37.4 Å². The van der Waals surface area contributed by atoms with Gasteiger partial charge in [0.1, 0.15) is 5.60 Å². The van der Waals surface area contributed by atoms with Crippen LogP contribution >= 0.6 is 0 Å². The van der Waals surface area contributed by atoms with Crippen LogP contribution in [0.4, 0.5) is 9.59 Å². The zero-order chi connectivity index (χ0) is 17.3. The summed E-state index contributed by atoms with van der Waals surface area (Å²) in [5.74, 6) is 0. The Hall–Kier alpha value is -2.24. The molecule has 0 fully saturated rings. The molecule has 0 saturated carbocycles. The lowest BCUT2D eigenvalue weighted by molar-refractivity contribution is 0.0528. The van der Waals surface area contributed by atoms with E-state index in [9.17, 15) is 9.59 Å². The van der Waals surface area contributed by atoms with E-state index < -0.39 is 11.7 Å². The third-order valence-electron chi connectivity index (χ3n) is 3.02. The molecule has 1 aromatic rings. The van der Waals surface area contributed by atoms with Crippen molar-refractivity contribution in [3.63, 3.8) is 0 Å². The van der Waals surface area contributed by atoms with Crippen LogP contribution in [0, 0.1) is 6.92 Å². The molecule has 3 amide bonds. The fourth-order valence-corrected chi connectivity index (χ4v) is 1.92. The standard InChI is InChI=1S/C17H27N3O3/c1-13-7-5-6-8-14(13)9-10-18-15(21)19-11-12-20-16(22)23-17(2,3)4/h5-8H,9-12H2,1-4H3,(H,20,22)(H2,18,19,21). The molecule has 1 aromatic carbocycles. The van der Waals surface area contributed by atoms with Crippen molar-refractivity contribution in [2.75, 3.05) is 19.6 Å². The van der Waals surface area contributed by atoms with Crippen molar-refractivity contribution in [3.05, 3.63) is 35.4 Å². The lowest BCUT2D eigenvalue weighted by Crippen LogP contribution is -2.42. The number of hydrogen-bond donors (Lipinski definition) is 3. The maximum Gasteiger partial charge on any atom is 0.407 e. The van der Waals surface area contributed by atoms with Crippen LogP contribution in [0.15, 0.2) is 24.3 Å². The summed E-state index contributed by atoms with van der Waals surface area (Å²) in [5, 5.41) is 8.05. The Morgan fingerprint density at radius 1 is 1.00 bits per heavy atom. The molecule has 0 unspecified atom stereocenters. The van der Waals surface area contributed by atoms with Crippen LogP contribution in [0.25, 0.3) is 0 Å². The van der Waals surface area contributed by atoms with Gasteiger partial charge in [0.05, 0.1) is 0 Å². The fraction of sp³-hybridized carbons (Fsp3) is 0.529. The molecule has 0 aliphatic carbocycles.